The van der Waals surface area contributed by atoms with Gasteiger partial charge in [-0.15, -0.1) is 0 Å². The molecule has 2 aromatic rings. The number of carbonyl (C=O) groups excluding carboxylic acids is 7. The molecule has 0 saturated heterocycles. The molecule has 0 heterocycles. The highest BCUT2D eigenvalue weighted by Crippen LogP contribution is 2.39. The fourth-order valence-electron chi connectivity index (χ4n) is 7.37. The third-order valence-electron chi connectivity index (χ3n) is 11.6. The standard InChI is InChI=1S/C50H79N7O10/c1-8-9-10-11-12-13-14-17-26-53-27-23-46(62)56-42(18-15-16-24-51)50(65)57(7)47(49(64)54-34(3)36(5)58)39-20-22-45(66-28-25-52)41(31-39)40-30-38(19-21-43(40)60)29-33(2)48(63)55-35(4)44(61)32-67-37(6)59/h19-22,30-31,33-35,42,47,53,60H,8-18,23-29,32,51-52H2,1-7H3,(H,54,64)(H,55,63)(H,56,62)/t33-,34-,35-,42-,47-/m0/s1. The van der Waals surface area contributed by atoms with Crippen LogP contribution in [0.3, 0.4) is 0 Å². The van der Waals surface area contributed by atoms with Crippen molar-refractivity contribution < 1.29 is 48.1 Å². The lowest BCUT2D eigenvalue weighted by Crippen LogP contribution is -2.52. The molecule has 0 spiro atoms. The van der Waals surface area contributed by atoms with Crippen LogP contribution in [0.2, 0.25) is 0 Å². The maximum absolute atomic E-state index is 14.5. The minimum atomic E-state index is -1.32. The van der Waals surface area contributed by atoms with E-state index < -0.39 is 66.2 Å². The molecule has 0 aliphatic heterocycles. The van der Waals surface area contributed by atoms with E-state index in [9.17, 15) is 38.7 Å². The number of nitrogens with zero attached hydrogens (tertiary/aromatic N) is 1. The van der Waals surface area contributed by atoms with E-state index in [0.717, 1.165) is 19.4 Å². The van der Waals surface area contributed by atoms with Gasteiger partial charge in [0.2, 0.25) is 23.6 Å². The highest BCUT2D eigenvalue weighted by molar-refractivity contribution is 5.95. The number of ketones is 2. The van der Waals surface area contributed by atoms with E-state index in [1.807, 2.05) is 0 Å². The van der Waals surface area contributed by atoms with Gasteiger partial charge >= 0.3 is 5.97 Å². The number of hydrogen-bond acceptors (Lipinski definition) is 13. The number of rotatable bonds is 34. The van der Waals surface area contributed by atoms with Crippen molar-refractivity contribution in [2.24, 2.45) is 17.4 Å². The molecule has 374 valence electrons. The highest BCUT2D eigenvalue weighted by Gasteiger charge is 2.35. The molecule has 0 unspecified atom stereocenters. The molecule has 5 atom stereocenters. The predicted octanol–water partition coefficient (Wildman–Crippen LogP) is 4.54. The molecule has 0 aliphatic carbocycles. The number of phenols is 1. The molecular weight excluding hydrogens is 859 g/mol. The zero-order chi connectivity index (χ0) is 49.9. The summed E-state index contributed by atoms with van der Waals surface area (Å²) in [6.07, 6.45) is 11.4. The normalized spacial score (nSPS) is 13.3. The Bertz CT molecular complexity index is 1910. The molecule has 0 aliphatic rings. The number of nitrogens with one attached hydrogen (secondary N) is 4. The Hall–Kier alpha value is -5.39. The molecular formula is C50H79N7O10. The summed E-state index contributed by atoms with van der Waals surface area (Å²) in [6, 6.07) is 5.52. The number of benzene rings is 2. The SMILES string of the molecule is CCCCCCCCCCNCCC(=O)N[C@@H](CCCCN)C(=O)N(C)[C@H](C(=O)N[C@@H](C)C(C)=O)c1ccc(OCCN)c(-c2cc(C[C@H](C)C(=O)N[C@@H](C)C(=O)COC(C)=O)ccc2O)c1. The number of esters is 1. The van der Waals surface area contributed by atoms with Crippen molar-refractivity contribution in [1.29, 1.82) is 0 Å². The number of aromatic hydroxyl groups is 1. The predicted molar refractivity (Wildman–Crippen MR) is 259 cm³/mol. The molecule has 0 bridgehead atoms. The summed E-state index contributed by atoms with van der Waals surface area (Å²) in [5.74, 6) is -3.78. The van der Waals surface area contributed by atoms with Crippen LogP contribution in [0.25, 0.3) is 11.1 Å². The maximum Gasteiger partial charge on any atom is 0.303 e. The van der Waals surface area contributed by atoms with Crippen molar-refractivity contribution >= 4 is 41.2 Å². The van der Waals surface area contributed by atoms with Gasteiger partial charge in [0.05, 0.1) is 12.1 Å². The first kappa shape index (κ1) is 57.7. The van der Waals surface area contributed by atoms with Crippen LogP contribution in [0, 0.1) is 5.92 Å². The van der Waals surface area contributed by atoms with E-state index in [-0.39, 0.29) is 55.4 Å². The summed E-state index contributed by atoms with van der Waals surface area (Å²) in [4.78, 5) is 92.4. The van der Waals surface area contributed by atoms with Crippen molar-refractivity contribution in [3.63, 3.8) is 0 Å². The van der Waals surface area contributed by atoms with Gasteiger partial charge in [0, 0.05) is 50.5 Å². The largest absolute Gasteiger partial charge is 0.507 e. The number of nitrogens with two attached hydrogens (primary N) is 2. The van der Waals surface area contributed by atoms with Crippen molar-refractivity contribution in [3.8, 4) is 22.6 Å². The van der Waals surface area contributed by atoms with E-state index >= 15 is 0 Å². The van der Waals surface area contributed by atoms with Gasteiger partial charge in [-0.05, 0) is 101 Å². The lowest BCUT2D eigenvalue weighted by Gasteiger charge is -2.32. The average molecular weight is 938 g/mol. The van der Waals surface area contributed by atoms with Gasteiger partial charge in [-0.25, -0.2) is 0 Å². The zero-order valence-corrected chi connectivity index (χ0v) is 41.0. The number of phenolic OH excluding ortho intramolecular Hbond substituents is 1. The third-order valence-corrected chi connectivity index (χ3v) is 11.6. The van der Waals surface area contributed by atoms with E-state index in [4.69, 9.17) is 20.9 Å². The molecule has 2 rings (SSSR count). The summed E-state index contributed by atoms with van der Waals surface area (Å²) in [5, 5.41) is 22.9. The van der Waals surface area contributed by atoms with E-state index in [1.165, 1.54) is 77.3 Å². The summed E-state index contributed by atoms with van der Waals surface area (Å²) in [5.41, 5.74) is 13.2. The molecule has 0 saturated carbocycles. The minimum absolute atomic E-state index is 0.107. The van der Waals surface area contributed by atoms with E-state index in [0.29, 0.717) is 48.4 Å². The quantitative estimate of drug-likeness (QED) is 0.0376. The zero-order valence-electron chi connectivity index (χ0n) is 41.0. The van der Waals surface area contributed by atoms with Gasteiger partial charge in [0.15, 0.2) is 18.2 Å². The number of carbonyl (C=O) groups is 7. The number of ether oxygens (including phenoxy) is 2. The fraction of sp³-hybridized carbons (Fsp3) is 0.620. The smallest absolute Gasteiger partial charge is 0.303 e. The number of likely N-dealkylation sites (N-methyl/N-ethyl adjacent to an activating group) is 1. The Balaban J connectivity index is 2.46. The third kappa shape index (κ3) is 21.0. The Morgan fingerprint density at radius 3 is 2.06 bits per heavy atom. The van der Waals surface area contributed by atoms with Crippen molar-refractivity contribution in [2.45, 2.75) is 149 Å². The monoisotopic (exact) mass is 938 g/mol. The second-order valence-corrected chi connectivity index (χ2v) is 17.4. The van der Waals surface area contributed by atoms with Crippen molar-refractivity contribution in [2.75, 3.05) is 46.4 Å². The molecule has 0 fully saturated rings. The summed E-state index contributed by atoms with van der Waals surface area (Å²) in [7, 11) is 1.46. The lowest BCUT2D eigenvalue weighted by atomic mass is 9.92. The van der Waals surface area contributed by atoms with Crippen LogP contribution in [0.1, 0.15) is 136 Å². The average Bonchev–Trinajstić information content (AvgIpc) is 3.29. The molecule has 4 amide bonds. The molecule has 9 N–H and O–H groups in total. The molecule has 17 heteroatoms. The molecule has 67 heavy (non-hydrogen) atoms. The first-order valence-electron chi connectivity index (χ1n) is 24.0. The minimum Gasteiger partial charge on any atom is -0.507 e. The van der Waals surface area contributed by atoms with Crippen LogP contribution in [0.5, 0.6) is 11.5 Å². The summed E-state index contributed by atoms with van der Waals surface area (Å²) < 4.78 is 10.8. The Morgan fingerprint density at radius 2 is 1.42 bits per heavy atom. The Morgan fingerprint density at radius 1 is 0.746 bits per heavy atom. The topological polar surface area (TPSA) is 262 Å². The van der Waals surface area contributed by atoms with Crippen LogP contribution in [0.4, 0.5) is 0 Å². The van der Waals surface area contributed by atoms with Crippen LogP contribution >= 0.6 is 0 Å². The van der Waals surface area contributed by atoms with Crippen molar-refractivity contribution in [1.82, 2.24) is 26.2 Å². The number of Topliss-reactive ketones (excluding diaryl/α,β-unsaturated/α-hetero) is 2. The second-order valence-electron chi connectivity index (χ2n) is 17.4. The van der Waals surface area contributed by atoms with Gasteiger partial charge in [-0.1, -0.05) is 70.9 Å². The number of hydrogen-bond donors (Lipinski definition) is 7. The summed E-state index contributed by atoms with van der Waals surface area (Å²) >= 11 is 0. The second kappa shape index (κ2) is 31.6. The summed E-state index contributed by atoms with van der Waals surface area (Å²) in [6.45, 7) is 10.9. The fourth-order valence-corrected chi connectivity index (χ4v) is 7.37. The number of amides is 4. The first-order valence-corrected chi connectivity index (χ1v) is 24.0. The van der Waals surface area contributed by atoms with Gasteiger partial charge in [-0.3, -0.25) is 33.6 Å². The van der Waals surface area contributed by atoms with Gasteiger partial charge < -0.3 is 52.2 Å². The number of unbranched alkanes of at least 4 members (excludes halogenated alkanes) is 8. The lowest BCUT2D eigenvalue weighted by molar-refractivity contribution is -0.146. The molecule has 17 nitrogen and oxygen atoms in total. The van der Waals surface area contributed by atoms with Gasteiger partial charge in [0.25, 0.3) is 0 Å². The molecule has 0 aromatic heterocycles. The maximum atomic E-state index is 14.5. The Kier molecular flexibility index (Phi) is 27.2. The van der Waals surface area contributed by atoms with Crippen LogP contribution in [0.15, 0.2) is 36.4 Å². The van der Waals surface area contributed by atoms with E-state index in [2.05, 4.69) is 28.2 Å². The van der Waals surface area contributed by atoms with Gasteiger partial charge in [0.1, 0.15) is 30.2 Å². The van der Waals surface area contributed by atoms with Crippen LogP contribution < -0.4 is 37.5 Å². The van der Waals surface area contributed by atoms with Crippen LogP contribution in [-0.4, -0.2) is 116 Å². The molecule has 0 radical (unpaired) electrons. The van der Waals surface area contributed by atoms with Crippen LogP contribution in [-0.2, 0) is 44.7 Å². The van der Waals surface area contributed by atoms with Gasteiger partial charge in [-0.2, -0.15) is 0 Å². The highest BCUT2D eigenvalue weighted by atomic mass is 16.5. The van der Waals surface area contributed by atoms with Crippen molar-refractivity contribution in [3.05, 3.63) is 47.5 Å². The first-order chi connectivity index (χ1) is 31.9. The Labute approximate surface area is 397 Å². The van der Waals surface area contributed by atoms with E-state index in [1.54, 1.807) is 44.2 Å². The molecule has 2 aromatic carbocycles.